The minimum Gasteiger partial charge on any atom is -0.456 e. The molecule has 0 bridgehead atoms. The van der Waals surface area contributed by atoms with Crippen LogP contribution in [0.15, 0.2) is 235 Å². The minimum atomic E-state index is -0.526. The van der Waals surface area contributed by atoms with Crippen molar-refractivity contribution in [2.75, 3.05) is 0 Å². The van der Waals surface area contributed by atoms with E-state index in [2.05, 4.69) is 212 Å². The van der Waals surface area contributed by atoms with Crippen molar-refractivity contribution in [2.45, 2.75) is 5.41 Å². The van der Waals surface area contributed by atoms with Gasteiger partial charge in [0.2, 0.25) is 0 Å². The topological polar surface area (TPSA) is 38.9 Å². The number of aromatic nitrogens is 2. The molecular formula is C59H38N2O. The third-order valence-corrected chi connectivity index (χ3v) is 12.6. The van der Waals surface area contributed by atoms with Crippen LogP contribution in [-0.4, -0.2) is 9.97 Å². The van der Waals surface area contributed by atoms with Gasteiger partial charge in [0.1, 0.15) is 11.2 Å². The Morgan fingerprint density at radius 1 is 0.323 bits per heavy atom. The fourth-order valence-electron chi connectivity index (χ4n) is 9.85. The molecule has 0 fully saturated rings. The monoisotopic (exact) mass is 790 g/mol. The maximum Gasteiger partial charge on any atom is 0.161 e. The lowest BCUT2D eigenvalue weighted by Gasteiger charge is -2.34. The maximum absolute atomic E-state index is 6.25. The summed E-state index contributed by atoms with van der Waals surface area (Å²) in [4.78, 5) is 10.8. The highest BCUT2D eigenvalue weighted by atomic mass is 16.3. The molecule has 12 rings (SSSR count). The van der Waals surface area contributed by atoms with Crippen molar-refractivity contribution in [3.8, 4) is 67.3 Å². The molecule has 0 atom stereocenters. The van der Waals surface area contributed by atoms with Crippen molar-refractivity contribution < 1.29 is 4.42 Å². The molecule has 290 valence electrons. The molecule has 0 unspecified atom stereocenters. The molecule has 2 heterocycles. The van der Waals surface area contributed by atoms with Crippen LogP contribution < -0.4 is 0 Å². The summed E-state index contributed by atoms with van der Waals surface area (Å²) in [5, 5.41) is 2.24. The van der Waals surface area contributed by atoms with Gasteiger partial charge >= 0.3 is 0 Å². The first kappa shape index (κ1) is 35.8. The van der Waals surface area contributed by atoms with E-state index >= 15 is 0 Å². The standard InChI is InChI=1S/C59H38N2O/c1-4-17-39(18-5-1)45-23-10-11-25-49(45)58-60-53(41-33-31-40(32-34-41)46-27-16-30-56-57(46)50-26-13-15-29-55(50)62-56)38-54(61-58)42-35-36-48-47-24-12-14-28-51(47)59(52(48)37-42,43-19-6-2-7-20-43)44-21-8-3-9-22-44/h1-38H. The summed E-state index contributed by atoms with van der Waals surface area (Å²) in [5.41, 5.74) is 17.9. The molecule has 2 aromatic heterocycles. The number of fused-ring (bicyclic) bond motifs is 6. The molecule has 1 aliphatic rings. The normalized spacial score (nSPS) is 12.6. The lowest BCUT2D eigenvalue weighted by Crippen LogP contribution is -2.28. The van der Waals surface area contributed by atoms with E-state index in [9.17, 15) is 0 Å². The zero-order valence-corrected chi connectivity index (χ0v) is 33.7. The molecule has 0 N–H and O–H groups in total. The predicted molar refractivity (Wildman–Crippen MR) is 254 cm³/mol. The summed E-state index contributed by atoms with van der Waals surface area (Å²) in [6.07, 6.45) is 0. The number of benzene rings is 9. The second kappa shape index (κ2) is 14.5. The molecule has 0 saturated carbocycles. The van der Waals surface area contributed by atoms with Gasteiger partial charge in [-0.2, -0.15) is 0 Å². The quantitative estimate of drug-likeness (QED) is 0.161. The number of rotatable bonds is 7. The van der Waals surface area contributed by atoms with Gasteiger partial charge in [0, 0.05) is 27.5 Å². The van der Waals surface area contributed by atoms with Gasteiger partial charge in [-0.3, -0.25) is 0 Å². The molecule has 11 aromatic rings. The third-order valence-electron chi connectivity index (χ3n) is 12.6. The summed E-state index contributed by atoms with van der Waals surface area (Å²) in [6, 6.07) is 82.2. The van der Waals surface area contributed by atoms with Crippen LogP contribution in [0.25, 0.3) is 89.2 Å². The minimum absolute atomic E-state index is 0.526. The van der Waals surface area contributed by atoms with Crippen LogP contribution in [0.1, 0.15) is 22.3 Å². The Balaban J connectivity index is 1.06. The van der Waals surface area contributed by atoms with E-state index in [4.69, 9.17) is 14.4 Å². The Bertz CT molecular complexity index is 3400. The van der Waals surface area contributed by atoms with E-state index in [0.717, 1.165) is 72.3 Å². The van der Waals surface area contributed by atoms with Crippen LogP contribution in [0.3, 0.4) is 0 Å². The second-order valence-electron chi connectivity index (χ2n) is 16.0. The summed E-state index contributed by atoms with van der Waals surface area (Å²) >= 11 is 0. The van der Waals surface area contributed by atoms with Gasteiger partial charge in [0.25, 0.3) is 0 Å². The first-order valence-corrected chi connectivity index (χ1v) is 21.1. The molecule has 3 nitrogen and oxygen atoms in total. The molecule has 1 aliphatic carbocycles. The van der Waals surface area contributed by atoms with Gasteiger partial charge in [-0.15, -0.1) is 0 Å². The van der Waals surface area contributed by atoms with Gasteiger partial charge < -0.3 is 4.42 Å². The fourth-order valence-corrected chi connectivity index (χ4v) is 9.85. The maximum atomic E-state index is 6.25. The average molecular weight is 791 g/mol. The van der Waals surface area contributed by atoms with E-state index in [1.807, 2.05) is 18.2 Å². The smallest absolute Gasteiger partial charge is 0.161 e. The molecular weight excluding hydrogens is 753 g/mol. The van der Waals surface area contributed by atoms with E-state index in [1.54, 1.807) is 0 Å². The van der Waals surface area contributed by atoms with E-state index in [1.165, 1.54) is 33.4 Å². The Labute approximate surface area is 360 Å². The zero-order chi connectivity index (χ0) is 41.0. The third kappa shape index (κ3) is 5.67. The van der Waals surface area contributed by atoms with Crippen LogP contribution in [0, 0.1) is 0 Å². The van der Waals surface area contributed by atoms with Crippen LogP contribution >= 0.6 is 0 Å². The number of hydrogen-bond acceptors (Lipinski definition) is 3. The van der Waals surface area contributed by atoms with Crippen LogP contribution in [0.4, 0.5) is 0 Å². The van der Waals surface area contributed by atoms with Crippen LogP contribution in [0.2, 0.25) is 0 Å². The Morgan fingerprint density at radius 3 is 1.58 bits per heavy atom. The van der Waals surface area contributed by atoms with Crippen molar-refractivity contribution in [1.29, 1.82) is 0 Å². The van der Waals surface area contributed by atoms with E-state index in [-0.39, 0.29) is 0 Å². The largest absolute Gasteiger partial charge is 0.456 e. The zero-order valence-electron chi connectivity index (χ0n) is 33.7. The second-order valence-corrected chi connectivity index (χ2v) is 16.0. The summed E-state index contributed by atoms with van der Waals surface area (Å²) in [6.45, 7) is 0. The lowest BCUT2D eigenvalue weighted by atomic mass is 9.67. The van der Waals surface area contributed by atoms with Gasteiger partial charge in [0.15, 0.2) is 5.82 Å². The SMILES string of the molecule is c1ccc(-c2ccccc2-c2nc(-c3ccc(-c4cccc5oc6ccccc6c45)cc3)cc(-c3ccc4c(c3)C(c3ccccc3)(c3ccccc3)c3ccccc3-4)n2)cc1. The summed E-state index contributed by atoms with van der Waals surface area (Å²) < 4.78 is 6.25. The molecule has 0 spiro atoms. The molecule has 0 amide bonds. The Morgan fingerprint density at radius 2 is 0.839 bits per heavy atom. The van der Waals surface area contributed by atoms with E-state index in [0.29, 0.717) is 5.82 Å². The van der Waals surface area contributed by atoms with Crippen molar-refractivity contribution in [1.82, 2.24) is 9.97 Å². The first-order chi connectivity index (χ1) is 30.7. The first-order valence-electron chi connectivity index (χ1n) is 21.1. The van der Waals surface area contributed by atoms with Gasteiger partial charge in [-0.05, 0) is 79.9 Å². The highest BCUT2D eigenvalue weighted by Gasteiger charge is 2.46. The predicted octanol–water partition coefficient (Wildman–Crippen LogP) is 15.1. The average Bonchev–Trinajstić information content (AvgIpc) is 3.89. The van der Waals surface area contributed by atoms with Crippen LogP contribution in [0.5, 0.6) is 0 Å². The van der Waals surface area contributed by atoms with Crippen molar-refractivity contribution in [2.24, 2.45) is 0 Å². The Hall–Kier alpha value is -8.14. The highest BCUT2D eigenvalue weighted by molar-refractivity contribution is 6.12. The fraction of sp³-hybridized carbons (Fsp3) is 0.0169. The molecule has 0 radical (unpaired) electrons. The van der Waals surface area contributed by atoms with E-state index < -0.39 is 5.41 Å². The molecule has 3 heteroatoms. The lowest BCUT2D eigenvalue weighted by molar-refractivity contribution is 0.669. The number of hydrogen-bond donors (Lipinski definition) is 0. The number of nitrogens with zero attached hydrogens (tertiary/aromatic N) is 2. The summed E-state index contributed by atoms with van der Waals surface area (Å²) in [7, 11) is 0. The van der Waals surface area contributed by atoms with Gasteiger partial charge in [0.05, 0.1) is 16.8 Å². The van der Waals surface area contributed by atoms with Crippen LogP contribution in [-0.2, 0) is 5.41 Å². The molecule has 62 heavy (non-hydrogen) atoms. The number of para-hydroxylation sites is 1. The summed E-state index contributed by atoms with van der Waals surface area (Å²) in [5.74, 6) is 0.678. The molecule has 0 aliphatic heterocycles. The van der Waals surface area contributed by atoms with Gasteiger partial charge in [-0.1, -0.05) is 206 Å². The highest BCUT2D eigenvalue weighted by Crippen LogP contribution is 2.56. The molecule has 0 saturated heterocycles. The van der Waals surface area contributed by atoms with Crippen molar-refractivity contribution in [3.05, 3.63) is 253 Å². The van der Waals surface area contributed by atoms with Gasteiger partial charge in [-0.25, -0.2) is 9.97 Å². The molecule has 9 aromatic carbocycles. The van der Waals surface area contributed by atoms with Crippen molar-refractivity contribution >= 4 is 21.9 Å². The van der Waals surface area contributed by atoms with Crippen molar-refractivity contribution in [3.63, 3.8) is 0 Å². The Kier molecular flexibility index (Phi) is 8.39. The number of furan rings is 1.